The molecule has 0 atom stereocenters. The molecule has 108 valence electrons. The second kappa shape index (κ2) is 5.52. The first-order valence-electron chi connectivity index (χ1n) is 6.64. The molecule has 3 nitrogen and oxygen atoms in total. The van der Waals surface area contributed by atoms with Gasteiger partial charge in [-0.15, -0.1) is 0 Å². The smallest absolute Gasteiger partial charge is 0.126 e. The number of nitrogens with zero attached hydrogens (tertiary/aromatic N) is 3. The maximum atomic E-state index is 13.2. The molecule has 0 N–H and O–H groups in total. The van der Waals surface area contributed by atoms with Crippen molar-refractivity contribution < 1.29 is 8.78 Å². The third-order valence-corrected chi connectivity index (χ3v) is 3.31. The standard InChI is InChI=1S/C16H15F2N3/c1-20-4-5-21(11-20)10-12-2-3-16(19-9-12)13-6-14(17)8-15(18)7-13/h2-9H,10-11H2,1H3. The molecule has 0 spiro atoms. The third-order valence-electron chi connectivity index (χ3n) is 3.31. The van der Waals surface area contributed by atoms with Gasteiger partial charge in [0.15, 0.2) is 0 Å². The van der Waals surface area contributed by atoms with Crippen molar-refractivity contribution in [1.29, 1.82) is 0 Å². The van der Waals surface area contributed by atoms with Crippen LogP contribution >= 0.6 is 0 Å². The molecule has 3 rings (SSSR count). The van der Waals surface area contributed by atoms with Gasteiger partial charge in [0.2, 0.25) is 0 Å². The molecule has 0 bridgehead atoms. The zero-order chi connectivity index (χ0) is 14.8. The molecule has 1 aromatic carbocycles. The highest BCUT2D eigenvalue weighted by Gasteiger charge is 2.09. The molecular weight excluding hydrogens is 272 g/mol. The van der Waals surface area contributed by atoms with Gasteiger partial charge in [0.25, 0.3) is 0 Å². The maximum Gasteiger partial charge on any atom is 0.126 e. The molecule has 0 saturated heterocycles. The maximum absolute atomic E-state index is 13.2. The molecule has 2 heterocycles. The van der Waals surface area contributed by atoms with Crippen LogP contribution in [0.5, 0.6) is 0 Å². The van der Waals surface area contributed by atoms with Gasteiger partial charge >= 0.3 is 0 Å². The summed E-state index contributed by atoms with van der Waals surface area (Å²) in [5.74, 6) is -1.19. The van der Waals surface area contributed by atoms with Gasteiger partial charge in [0, 0.05) is 43.8 Å². The zero-order valence-electron chi connectivity index (χ0n) is 11.6. The van der Waals surface area contributed by atoms with E-state index in [-0.39, 0.29) is 0 Å². The second-order valence-electron chi connectivity index (χ2n) is 5.15. The van der Waals surface area contributed by atoms with E-state index in [9.17, 15) is 8.78 Å². The molecule has 0 amide bonds. The molecule has 1 aliphatic rings. The lowest BCUT2D eigenvalue weighted by Crippen LogP contribution is -2.21. The molecule has 2 aromatic rings. The van der Waals surface area contributed by atoms with Gasteiger partial charge in [-0.1, -0.05) is 6.07 Å². The average Bonchev–Trinajstić information content (AvgIpc) is 2.84. The lowest BCUT2D eigenvalue weighted by molar-refractivity contribution is 0.290. The van der Waals surface area contributed by atoms with Gasteiger partial charge < -0.3 is 9.80 Å². The number of pyridine rings is 1. The number of benzene rings is 1. The summed E-state index contributed by atoms with van der Waals surface area (Å²) in [7, 11) is 2.01. The van der Waals surface area contributed by atoms with E-state index in [0.717, 1.165) is 24.8 Å². The summed E-state index contributed by atoms with van der Waals surface area (Å²) < 4.78 is 26.4. The van der Waals surface area contributed by atoms with Gasteiger partial charge in [0.05, 0.1) is 12.4 Å². The topological polar surface area (TPSA) is 19.4 Å². The van der Waals surface area contributed by atoms with Gasteiger partial charge in [-0.25, -0.2) is 8.78 Å². The molecule has 0 saturated carbocycles. The van der Waals surface area contributed by atoms with Crippen LogP contribution in [0.4, 0.5) is 8.78 Å². The predicted molar refractivity (Wildman–Crippen MR) is 76.9 cm³/mol. The van der Waals surface area contributed by atoms with Crippen molar-refractivity contribution in [3.8, 4) is 11.3 Å². The van der Waals surface area contributed by atoms with Crippen molar-refractivity contribution in [3.05, 3.63) is 66.1 Å². The number of hydrogen-bond donors (Lipinski definition) is 0. The van der Waals surface area contributed by atoms with Crippen molar-refractivity contribution in [2.75, 3.05) is 13.7 Å². The monoisotopic (exact) mass is 287 g/mol. The summed E-state index contributed by atoms with van der Waals surface area (Å²) in [5.41, 5.74) is 2.06. The van der Waals surface area contributed by atoms with Crippen LogP contribution in [-0.4, -0.2) is 28.5 Å². The first kappa shape index (κ1) is 13.5. The summed E-state index contributed by atoms with van der Waals surface area (Å²) in [4.78, 5) is 8.53. The van der Waals surface area contributed by atoms with Gasteiger partial charge in [0.1, 0.15) is 11.6 Å². The second-order valence-corrected chi connectivity index (χ2v) is 5.15. The van der Waals surface area contributed by atoms with Crippen molar-refractivity contribution in [3.63, 3.8) is 0 Å². The molecule has 0 unspecified atom stereocenters. The van der Waals surface area contributed by atoms with Gasteiger partial charge in [-0.2, -0.15) is 0 Å². The van der Waals surface area contributed by atoms with Gasteiger partial charge in [-0.3, -0.25) is 4.98 Å². The number of hydrogen-bond acceptors (Lipinski definition) is 3. The largest absolute Gasteiger partial charge is 0.362 e. The van der Waals surface area contributed by atoms with Crippen LogP contribution in [0.25, 0.3) is 11.3 Å². The van der Waals surface area contributed by atoms with Crippen molar-refractivity contribution in [1.82, 2.24) is 14.8 Å². The van der Waals surface area contributed by atoms with Crippen molar-refractivity contribution in [2.45, 2.75) is 6.54 Å². The fourth-order valence-electron chi connectivity index (χ4n) is 2.32. The van der Waals surface area contributed by atoms with Crippen LogP contribution in [0, 0.1) is 11.6 Å². The minimum Gasteiger partial charge on any atom is -0.362 e. The van der Waals surface area contributed by atoms with Crippen LogP contribution in [-0.2, 0) is 6.54 Å². The molecule has 0 aliphatic carbocycles. The first-order chi connectivity index (χ1) is 10.1. The molecule has 0 radical (unpaired) electrons. The van der Waals surface area contributed by atoms with E-state index in [1.165, 1.54) is 12.1 Å². The van der Waals surface area contributed by atoms with Crippen LogP contribution in [0.1, 0.15) is 5.56 Å². The van der Waals surface area contributed by atoms with Crippen LogP contribution < -0.4 is 0 Å². The Morgan fingerprint density at radius 3 is 2.43 bits per heavy atom. The molecule has 21 heavy (non-hydrogen) atoms. The van der Waals surface area contributed by atoms with Crippen LogP contribution in [0.3, 0.4) is 0 Å². The fraction of sp³-hybridized carbons (Fsp3) is 0.188. The Balaban J connectivity index is 1.76. The summed E-state index contributed by atoms with van der Waals surface area (Å²) in [5, 5.41) is 0. The van der Waals surface area contributed by atoms with E-state index >= 15 is 0 Å². The summed E-state index contributed by atoms with van der Waals surface area (Å²) in [6.07, 6.45) is 5.78. The minimum atomic E-state index is -0.596. The Morgan fingerprint density at radius 2 is 1.86 bits per heavy atom. The quantitative estimate of drug-likeness (QED) is 0.864. The molecule has 5 heteroatoms. The number of halogens is 2. The van der Waals surface area contributed by atoms with Crippen LogP contribution in [0.15, 0.2) is 48.9 Å². The molecule has 0 fully saturated rings. The van der Waals surface area contributed by atoms with E-state index < -0.39 is 11.6 Å². The SMILES string of the molecule is CN1C=CN(Cc2ccc(-c3cc(F)cc(F)c3)nc2)C1. The summed E-state index contributed by atoms with van der Waals surface area (Å²) >= 11 is 0. The molecule has 1 aromatic heterocycles. The third kappa shape index (κ3) is 3.18. The Bertz CT molecular complexity index is 647. The minimum absolute atomic E-state index is 0.444. The van der Waals surface area contributed by atoms with E-state index in [1.54, 1.807) is 12.3 Å². The predicted octanol–water partition coefficient (Wildman–Crippen LogP) is 3.20. The zero-order valence-corrected chi connectivity index (χ0v) is 11.6. The highest BCUT2D eigenvalue weighted by Crippen LogP contribution is 2.20. The van der Waals surface area contributed by atoms with E-state index in [1.807, 2.05) is 25.5 Å². The fourth-order valence-corrected chi connectivity index (χ4v) is 2.32. The Kier molecular flexibility index (Phi) is 3.56. The van der Waals surface area contributed by atoms with E-state index in [4.69, 9.17) is 0 Å². The summed E-state index contributed by atoms with van der Waals surface area (Å²) in [6, 6.07) is 7.13. The Hall–Kier alpha value is -2.43. The number of rotatable bonds is 3. The van der Waals surface area contributed by atoms with Crippen molar-refractivity contribution >= 4 is 0 Å². The normalized spacial score (nSPS) is 14.0. The van der Waals surface area contributed by atoms with Gasteiger partial charge in [-0.05, 0) is 23.8 Å². The lowest BCUT2D eigenvalue weighted by atomic mass is 10.1. The van der Waals surface area contributed by atoms with E-state index in [2.05, 4.69) is 14.8 Å². The molecule has 1 aliphatic heterocycles. The highest BCUT2D eigenvalue weighted by molar-refractivity contribution is 5.59. The lowest BCUT2D eigenvalue weighted by Gasteiger charge is -2.18. The Labute approximate surface area is 122 Å². The Morgan fingerprint density at radius 1 is 1.10 bits per heavy atom. The first-order valence-corrected chi connectivity index (χ1v) is 6.64. The van der Waals surface area contributed by atoms with Crippen molar-refractivity contribution in [2.24, 2.45) is 0 Å². The van der Waals surface area contributed by atoms with Crippen LogP contribution in [0.2, 0.25) is 0 Å². The number of aromatic nitrogens is 1. The molecular formula is C16H15F2N3. The average molecular weight is 287 g/mol. The van der Waals surface area contributed by atoms with E-state index in [0.29, 0.717) is 11.3 Å². The summed E-state index contributed by atoms with van der Waals surface area (Å²) in [6.45, 7) is 1.60. The highest BCUT2D eigenvalue weighted by atomic mass is 19.1.